The Balaban J connectivity index is 1.84. The van der Waals surface area contributed by atoms with Crippen molar-refractivity contribution in [3.63, 3.8) is 0 Å². The first-order valence-electron chi connectivity index (χ1n) is 6.67. The van der Waals surface area contributed by atoms with Crippen molar-refractivity contribution >= 4 is 0 Å². The predicted octanol–water partition coefficient (Wildman–Crippen LogP) is 1.55. The third-order valence-corrected chi connectivity index (χ3v) is 3.87. The number of nitrogens with zero attached hydrogens (tertiary/aromatic N) is 3. The summed E-state index contributed by atoms with van der Waals surface area (Å²) in [5.74, 6) is 0. The second kappa shape index (κ2) is 5.65. The molecule has 4 heteroatoms. The highest BCUT2D eigenvalue weighted by molar-refractivity contribution is 5.05. The van der Waals surface area contributed by atoms with Gasteiger partial charge in [-0.2, -0.15) is 5.10 Å². The topological polar surface area (TPSA) is 33.1 Å². The number of aromatic nitrogens is 2. The Morgan fingerprint density at radius 1 is 1.59 bits per heavy atom. The van der Waals surface area contributed by atoms with Gasteiger partial charge < -0.3 is 5.32 Å². The van der Waals surface area contributed by atoms with Gasteiger partial charge in [0.15, 0.2) is 0 Å². The van der Waals surface area contributed by atoms with Gasteiger partial charge in [0.1, 0.15) is 0 Å². The standard InChI is InChI=1S/C13H24N4/c1-4-17-9-5-6-12(17)10-14-11(2)13-7-8-15-16(13)3/h7-8,11-12,14H,4-6,9-10H2,1-3H3. The van der Waals surface area contributed by atoms with E-state index in [0.717, 1.165) is 12.6 Å². The number of rotatable bonds is 5. The highest BCUT2D eigenvalue weighted by Gasteiger charge is 2.23. The van der Waals surface area contributed by atoms with Crippen molar-refractivity contribution < 1.29 is 0 Å². The molecule has 0 aromatic carbocycles. The van der Waals surface area contributed by atoms with Crippen LogP contribution in [0.1, 0.15) is 38.4 Å². The summed E-state index contributed by atoms with van der Waals surface area (Å²) in [6, 6.07) is 3.18. The molecule has 2 rings (SSSR count). The number of hydrogen-bond acceptors (Lipinski definition) is 3. The van der Waals surface area contributed by atoms with Crippen LogP contribution in [0.15, 0.2) is 12.3 Å². The van der Waals surface area contributed by atoms with E-state index in [9.17, 15) is 0 Å². The van der Waals surface area contributed by atoms with Crippen LogP contribution in [-0.2, 0) is 7.05 Å². The molecule has 1 aliphatic rings. The molecule has 96 valence electrons. The van der Waals surface area contributed by atoms with Crippen molar-refractivity contribution in [2.75, 3.05) is 19.6 Å². The van der Waals surface area contributed by atoms with E-state index >= 15 is 0 Å². The highest BCUT2D eigenvalue weighted by Crippen LogP contribution is 2.17. The van der Waals surface area contributed by atoms with Crippen molar-refractivity contribution in [2.24, 2.45) is 7.05 Å². The first kappa shape index (κ1) is 12.6. The van der Waals surface area contributed by atoms with E-state index in [0.29, 0.717) is 6.04 Å². The molecule has 1 N–H and O–H groups in total. The number of aryl methyl sites for hydroxylation is 1. The highest BCUT2D eigenvalue weighted by atomic mass is 15.3. The van der Waals surface area contributed by atoms with Gasteiger partial charge in [-0.1, -0.05) is 6.92 Å². The fourth-order valence-electron chi connectivity index (χ4n) is 2.77. The van der Waals surface area contributed by atoms with Crippen LogP contribution in [0.4, 0.5) is 0 Å². The summed E-state index contributed by atoms with van der Waals surface area (Å²) < 4.78 is 1.95. The van der Waals surface area contributed by atoms with E-state index < -0.39 is 0 Å². The maximum Gasteiger partial charge on any atom is 0.0547 e. The van der Waals surface area contributed by atoms with Gasteiger partial charge in [-0.3, -0.25) is 9.58 Å². The molecule has 17 heavy (non-hydrogen) atoms. The second-order valence-electron chi connectivity index (χ2n) is 4.93. The maximum atomic E-state index is 4.21. The molecule has 2 atom stereocenters. The van der Waals surface area contributed by atoms with E-state index in [4.69, 9.17) is 0 Å². The van der Waals surface area contributed by atoms with Gasteiger partial charge in [-0.05, 0) is 38.9 Å². The van der Waals surface area contributed by atoms with Crippen LogP contribution in [0, 0.1) is 0 Å². The predicted molar refractivity (Wildman–Crippen MR) is 69.9 cm³/mol. The molecule has 0 aliphatic carbocycles. The number of likely N-dealkylation sites (tertiary alicyclic amines) is 1. The quantitative estimate of drug-likeness (QED) is 0.842. The summed E-state index contributed by atoms with van der Waals surface area (Å²) in [5, 5.41) is 7.84. The molecule has 4 nitrogen and oxygen atoms in total. The minimum absolute atomic E-state index is 0.377. The van der Waals surface area contributed by atoms with E-state index in [1.54, 1.807) is 0 Å². The average Bonchev–Trinajstić information content (AvgIpc) is 2.94. The summed E-state index contributed by atoms with van der Waals surface area (Å²) in [6.07, 6.45) is 4.54. The summed E-state index contributed by atoms with van der Waals surface area (Å²) in [4.78, 5) is 2.57. The van der Waals surface area contributed by atoms with Crippen LogP contribution in [-0.4, -0.2) is 40.4 Å². The lowest BCUT2D eigenvalue weighted by Gasteiger charge is -2.25. The summed E-state index contributed by atoms with van der Waals surface area (Å²) in [7, 11) is 2.00. The minimum Gasteiger partial charge on any atom is -0.307 e. The number of hydrogen-bond donors (Lipinski definition) is 1. The molecule has 1 aromatic heterocycles. The smallest absolute Gasteiger partial charge is 0.0547 e. The lowest BCUT2D eigenvalue weighted by Crippen LogP contribution is -2.38. The molecule has 0 amide bonds. The molecule has 1 saturated heterocycles. The Bertz CT molecular complexity index is 347. The fraction of sp³-hybridized carbons (Fsp3) is 0.769. The molecule has 0 spiro atoms. The lowest BCUT2D eigenvalue weighted by molar-refractivity contribution is 0.254. The Hall–Kier alpha value is -0.870. The summed E-state index contributed by atoms with van der Waals surface area (Å²) >= 11 is 0. The van der Waals surface area contributed by atoms with Gasteiger partial charge in [0.25, 0.3) is 0 Å². The second-order valence-corrected chi connectivity index (χ2v) is 4.93. The molecule has 1 aromatic rings. The van der Waals surface area contributed by atoms with Gasteiger partial charge >= 0.3 is 0 Å². The molecule has 0 bridgehead atoms. The van der Waals surface area contributed by atoms with E-state index in [1.807, 2.05) is 17.9 Å². The largest absolute Gasteiger partial charge is 0.307 e. The first-order valence-corrected chi connectivity index (χ1v) is 6.67. The molecular weight excluding hydrogens is 212 g/mol. The number of likely N-dealkylation sites (N-methyl/N-ethyl adjacent to an activating group) is 1. The molecule has 0 saturated carbocycles. The van der Waals surface area contributed by atoms with Crippen molar-refractivity contribution in [1.29, 1.82) is 0 Å². The normalized spacial score (nSPS) is 23.1. The van der Waals surface area contributed by atoms with E-state index in [2.05, 4.69) is 35.2 Å². The van der Waals surface area contributed by atoms with Crippen LogP contribution in [0.25, 0.3) is 0 Å². The molecule has 0 radical (unpaired) electrons. The van der Waals surface area contributed by atoms with Crippen LogP contribution < -0.4 is 5.32 Å². The van der Waals surface area contributed by atoms with Crippen LogP contribution >= 0.6 is 0 Å². The monoisotopic (exact) mass is 236 g/mol. The molecule has 2 unspecified atom stereocenters. The third-order valence-electron chi connectivity index (χ3n) is 3.87. The van der Waals surface area contributed by atoms with Crippen LogP contribution in [0.3, 0.4) is 0 Å². The van der Waals surface area contributed by atoms with Crippen molar-refractivity contribution in [1.82, 2.24) is 20.0 Å². The average molecular weight is 236 g/mol. The Kier molecular flexibility index (Phi) is 4.18. The van der Waals surface area contributed by atoms with Gasteiger partial charge in [-0.15, -0.1) is 0 Å². The molecular formula is C13H24N4. The fourth-order valence-corrected chi connectivity index (χ4v) is 2.77. The van der Waals surface area contributed by atoms with Crippen molar-refractivity contribution in [3.05, 3.63) is 18.0 Å². The van der Waals surface area contributed by atoms with E-state index in [-0.39, 0.29) is 0 Å². The minimum atomic E-state index is 0.377. The molecule has 2 heterocycles. The zero-order valence-corrected chi connectivity index (χ0v) is 11.2. The lowest BCUT2D eigenvalue weighted by atomic mass is 10.2. The molecule has 1 aliphatic heterocycles. The van der Waals surface area contributed by atoms with Crippen molar-refractivity contribution in [3.8, 4) is 0 Å². The molecule has 1 fully saturated rings. The zero-order valence-electron chi connectivity index (χ0n) is 11.2. The zero-order chi connectivity index (χ0) is 12.3. The van der Waals surface area contributed by atoms with Crippen LogP contribution in [0.5, 0.6) is 0 Å². The SMILES string of the molecule is CCN1CCCC1CNC(C)c1ccnn1C. The summed E-state index contributed by atoms with van der Waals surface area (Å²) in [6.45, 7) is 7.99. The van der Waals surface area contributed by atoms with E-state index in [1.165, 1.54) is 31.6 Å². The van der Waals surface area contributed by atoms with Gasteiger partial charge in [0.2, 0.25) is 0 Å². The maximum absolute atomic E-state index is 4.21. The Morgan fingerprint density at radius 3 is 3.06 bits per heavy atom. The first-order chi connectivity index (χ1) is 8.22. The van der Waals surface area contributed by atoms with Gasteiger partial charge in [0.05, 0.1) is 5.69 Å². The summed E-state index contributed by atoms with van der Waals surface area (Å²) in [5.41, 5.74) is 1.26. The van der Waals surface area contributed by atoms with Crippen molar-refractivity contribution in [2.45, 2.75) is 38.8 Å². The Morgan fingerprint density at radius 2 is 2.41 bits per heavy atom. The number of nitrogens with one attached hydrogen (secondary N) is 1. The third kappa shape index (κ3) is 2.87. The Labute approximate surface area is 104 Å². The van der Waals surface area contributed by atoms with Gasteiger partial charge in [0, 0.05) is 31.9 Å². The van der Waals surface area contributed by atoms with Gasteiger partial charge in [-0.25, -0.2) is 0 Å². The van der Waals surface area contributed by atoms with Crippen LogP contribution in [0.2, 0.25) is 0 Å².